The van der Waals surface area contributed by atoms with Crippen LogP contribution in [0, 0.1) is 13.8 Å². The number of pyridine rings is 1. The van der Waals surface area contributed by atoms with E-state index in [2.05, 4.69) is 55.4 Å². The number of aromatic amines is 1. The fourth-order valence-electron chi connectivity index (χ4n) is 5.30. The normalized spacial score (nSPS) is 15.5. The Hall–Kier alpha value is -3.67. The number of tetrazole rings is 1. The standard InChI is InChI=1S/C27H30N8O2S/c1-17-14-18(2)19-16-20(26(36)28-22(19)15-17)24(25-30-31-32-35(25)12-13-37-3)33-8-10-34(11-9-33)27-29-21-6-4-5-7-23(21)38-27/h4-7,14-16,24H,8-13H2,1-3H3,(H,28,36). The molecule has 1 atom stereocenters. The zero-order chi connectivity index (χ0) is 26.2. The Morgan fingerprint density at radius 2 is 1.92 bits per heavy atom. The Balaban J connectivity index is 1.37. The molecule has 196 valence electrons. The molecule has 3 aromatic heterocycles. The number of aryl methyl sites for hydroxylation is 2. The number of H-pyrrole nitrogens is 1. The molecule has 0 aliphatic carbocycles. The summed E-state index contributed by atoms with van der Waals surface area (Å²) in [6.45, 7) is 8.15. The molecule has 0 amide bonds. The first kappa shape index (κ1) is 24.7. The van der Waals surface area contributed by atoms with Gasteiger partial charge in [0.2, 0.25) is 0 Å². The van der Waals surface area contributed by atoms with E-state index in [0.29, 0.717) is 24.5 Å². The first-order valence-corrected chi connectivity index (χ1v) is 13.6. The van der Waals surface area contributed by atoms with Crippen LogP contribution < -0.4 is 10.5 Å². The molecular weight excluding hydrogens is 500 g/mol. The molecule has 1 saturated heterocycles. The molecule has 2 aromatic carbocycles. The molecular formula is C27H30N8O2S. The number of aromatic nitrogens is 6. The van der Waals surface area contributed by atoms with E-state index >= 15 is 0 Å². The minimum absolute atomic E-state index is 0.123. The molecule has 38 heavy (non-hydrogen) atoms. The number of thiazole rings is 1. The van der Waals surface area contributed by atoms with Crippen molar-refractivity contribution in [3.8, 4) is 0 Å². The number of ether oxygens (including phenoxy) is 1. The minimum atomic E-state index is -0.395. The number of rotatable bonds is 7. The average molecular weight is 531 g/mol. The number of hydrogen-bond acceptors (Lipinski definition) is 9. The molecule has 10 nitrogen and oxygen atoms in total. The maximum Gasteiger partial charge on any atom is 0.253 e. The maximum absolute atomic E-state index is 13.5. The fourth-order valence-corrected chi connectivity index (χ4v) is 6.32. The summed E-state index contributed by atoms with van der Waals surface area (Å²) in [4.78, 5) is 26.1. The Kier molecular flexibility index (Phi) is 6.64. The number of fused-ring (bicyclic) bond motifs is 2. The van der Waals surface area contributed by atoms with Gasteiger partial charge < -0.3 is 14.6 Å². The Morgan fingerprint density at radius 3 is 2.71 bits per heavy atom. The Morgan fingerprint density at radius 1 is 1.11 bits per heavy atom. The minimum Gasteiger partial charge on any atom is -0.383 e. The summed E-state index contributed by atoms with van der Waals surface area (Å²) in [5, 5.41) is 14.7. The molecule has 0 bridgehead atoms. The zero-order valence-corrected chi connectivity index (χ0v) is 22.5. The van der Waals surface area contributed by atoms with Crippen molar-refractivity contribution < 1.29 is 4.74 Å². The van der Waals surface area contributed by atoms with Gasteiger partial charge in [-0.05, 0) is 59.7 Å². The van der Waals surface area contributed by atoms with E-state index in [9.17, 15) is 4.79 Å². The van der Waals surface area contributed by atoms with Crippen molar-refractivity contribution in [1.29, 1.82) is 0 Å². The topological polar surface area (TPSA) is 105 Å². The lowest BCUT2D eigenvalue weighted by molar-refractivity contribution is 0.171. The fraction of sp³-hybridized carbons (Fsp3) is 0.370. The van der Waals surface area contributed by atoms with Crippen molar-refractivity contribution in [2.45, 2.75) is 26.4 Å². The predicted octanol–water partition coefficient (Wildman–Crippen LogP) is 3.30. The highest BCUT2D eigenvalue weighted by Gasteiger charge is 2.33. The van der Waals surface area contributed by atoms with Gasteiger partial charge in [-0.2, -0.15) is 0 Å². The van der Waals surface area contributed by atoms with Crippen LogP contribution in [0.25, 0.3) is 21.1 Å². The summed E-state index contributed by atoms with van der Waals surface area (Å²) >= 11 is 1.72. The Labute approximate surface area is 223 Å². The van der Waals surface area contributed by atoms with E-state index in [4.69, 9.17) is 9.72 Å². The largest absolute Gasteiger partial charge is 0.383 e. The molecule has 0 spiro atoms. The van der Waals surface area contributed by atoms with E-state index < -0.39 is 6.04 Å². The number of para-hydroxylation sites is 1. The van der Waals surface area contributed by atoms with Crippen LogP contribution in [-0.2, 0) is 11.3 Å². The van der Waals surface area contributed by atoms with Crippen LogP contribution in [-0.4, -0.2) is 75.0 Å². The Bertz CT molecular complexity index is 1620. The van der Waals surface area contributed by atoms with Crippen molar-refractivity contribution in [2.24, 2.45) is 0 Å². The third-order valence-electron chi connectivity index (χ3n) is 7.18. The van der Waals surface area contributed by atoms with Crippen molar-refractivity contribution in [2.75, 3.05) is 44.8 Å². The molecule has 1 aliphatic heterocycles. The number of benzene rings is 2. The lowest BCUT2D eigenvalue weighted by Crippen LogP contribution is -2.49. The number of methoxy groups -OCH3 is 1. The maximum atomic E-state index is 13.5. The lowest BCUT2D eigenvalue weighted by atomic mass is 9.99. The number of hydrogen-bond donors (Lipinski definition) is 1. The second-order valence-corrected chi connectivity index (χ2v) is 10.7. The van der Waals surface area contributed by atoms with Crippen molar-refractivity contribution in [3.05, 3.63) is 75.3 Å². The van der Waals surface area contributed by atoms with Crippen molar-refractivity contribution >= 4 is 37.6 Å². The van der Waals surface area contributed by atoms with Gasteiger partial charge in [-0.15, -0.1) is 5.10 Å². The summed E-state index contributed by atoms with van der Waals surface area (Å²) < 4.78 is 8.23. The van der Waals surface area contributed by atoms with Gasteiger partial charge in [0.25, 0.3) is 5.56 Å². The van der Waals surface area contributed by atoms with E-state index in [-0.39, 0.29) is 5.56 Å². The monoisotopic (exact) mass is 530 g/mol. The van der Waals surface area contributed by atoms with Gasteiger partial charge in [-0.1, -0.05) is 29.5 Å². The van der Waals surface area contributed by atoms with Gasteiger partial charge in [0.15, 0.2) is 11.0 Å². The van der Waals surface area contributed by atoms with E-state index in [1.807, 2.05) is 31.2 Å². The summed E-state index contributed by atoms with van der Waals surface area (Å²) in [7, 11) is 1.65. The van der Waals surface area contributed by atoms with Gasteiger partial charge in [-0.25, -0.2) is 9.67 Å². The number of piperazine rings is 1. The number of nitrogens with zero attached hydrogens (tertiary/aromatic N) is 7. The second kappa shape index (κ2) is 10.2. The highest BCUT2D eigenvalue weighted by Crippen LogP contribution is 2.32. The van der Waals surface area contributed by atoms with Crippen LogP contribution in [0.4, 0.5) is 5.13 Å². The number of anilines is 1. The summed E-state index contributed by atoms with van der Waals surface area (Å²) in [6, 6.07) is 14.0. The summed E-state index contributed by atoms with van der Waals surface area (Å²) in [5.41, 5.74) is 4.63. The summed E-state index contributed by atoms with van der Waals surface area (Å²) in [6.07, 6.45) is 0. The first-order chi connectivity index (χ1) is 18.5. The van der Waals surface area contributed by atoms with Crippen molar-refractivity contribution in [1.82, 2.24) is 35.1 Å². The van der Waals surface area contributed by atoms with E-state index in [1.165, 1.54) is 4.70 Å². The van der Waals surface area contributed by atoms with Crippen LogP contribution in [0.3, 0.4) is 0 Å². The van der Waals surface area contributed by atoms with Crippen LogP contribution in [0.2, 0.25) is 0 Å². The SMILES string of the molecule is COCCn1nnnc1C(c1cc2c(C)cc(C)cc2[nH]c1=O)N1CCN(c2nc3ccccc3s2)CC1. The highest BCUT2D eigenvalue weighted by atomic mass is 32.1. The van der Waals surface area contributed by atoms with Gasteiger partial charge >= 0.3 is 0 Å². The van der Waals surface area contributed by atoms with Crippen molar-refractivity contribution in [3.63, 3.8) is 0 Å². The van der Waals surface area contributed by atoms with Gasteiger partial charge in [0.05, 0.1) is 23.4 Å². The van der Waals surface area contributed by atoms with Crippen LogP contribution in [0.15, 0.2) is 47.3 Å². The molecule has 6 rings (SSSR count). The van der Waals surface area contributed by atoms with Gasteiger partial charge in [-0.3, -0.25) is 9.69 Å². The molecule has 11 heteroatoms. The molecule has 1 N–H and O–H groups in total. The molecule has 0 saturated carbocycles. The highest BCUT2D eigenvalue weighted by molar-refractivity contribution is 7.22. The smallest absolute Gasteiger partial charge is 0.253 e. The molecule has 1 aliphatic rings. The lowest BCUT2D eigenvalue weighted by Gasteiger charge is -2.38. The molecule has 0 radical (unpaired) electrons. The van der Waals surface area contributed by atoms with E-state index in [1.54, 1.807) is 23.1 Å². The quantitative estimate of drug-likeness (QED) is 0.342. The molecule has 1 unspecified atom stereocenters. The molecule has 5 aromatic rings. The van der Waals surface area contributed by atoms with Crippen LogP contribution in [0.5, 0.6) is 0 Å². The second-order valence-electron chi connectivity index (χ2n) is 9.74. The van der Waals surface area contributed by atoms with Gasteiger partial charge in [0, 0.05) is 49.8 Å². The van der Waals surface area contributed by atoms with Gasteiger partial charge in [0.1, 0.15) is 6.04 Å². The number of nitrogens with one attached hydrogen (secondary N) is 1. The molecule has 4 heterocycles. The van der Waals surface area contributed by atoms with E-state index in [0.717, 1.165) is 58.9 Å². The third kappa shape index (κ3) is 4.57. The average Bonchev–Trinajstić information content (AvgIpc) is 3.56. The predicted molar refractivity (Wildman–Crippen MR) is 149 cm³/mol. The van der Waals surface area contributed by atoms with Crippen LogP contribution >= 0.6 is 11.3 Å². The molecule has 1 fully saturated rings. The third-order valence-corrected chi connectivity index (χ3v) is 8.28. The first-order valence-electron chi connectivity index (χ1n) is 12.8. The summed E-state index contributed by atoms with van der Waals surface area (Å²) in [5.74, 6) is 0.644. The van der Waals surface area contributed by atoms with Crippen LogP contribution in [0.1, 0.15) is 28.6 Å². The zero-order valence-electron chi connectivity index (χ0n) is 21.7.